The second-order valence-corrected chi connectivity index (χ2v) is 8.53. The van der Waals surface area contributed by atoms with E-state index in [4.69, 9.17) is 9.47 Å². The first-order valence-electron chi connectivity index (χ1n) is 11.5. The lowest BCUT2D eigenvalue weighted by Gasteiger charge is -2.28. The van der Waals surface area contributed by atoms with E-state index in [9.17, 15) is 24.3 Å². The number of carbonyl (C=O) groups is 4. The molecule has 3 rings (SSSR count). The number of ether oxygens (including phenoxy) is 2. The molecule has 1 aliphatic rings. The molecule has 0 bridgehead atoms. The number of amides is 2. The van der Waals surface area contributed by atoms with E-state index in [0.717, 1.165) is 22.3 Å². The number of hydrogen-bond donors (Lipinski definition) is 3. The van der Waals surface area contributed by atoms with Gasteiger partial charge in [-0.25, -0.2) is 14.4 Å². The zero-order valence-electron chi connectivity index (χ0n) is 20.0. The van der Waals surface area contributed by atoms with Gasteiger partial charge >= 0.3 is 18.0 Å². The van der Waals surface area contributed by atoms with Crippen LogP contribution in [0.1, 0.15) is 50.7 Å². The second kappa shape index (κ2) is 11.0. The molecule has 35 heavy (non-hydrogen) atoms. The molecule has 2 amide bonds. The highest BCUT2D eigenvalue weighted by Crippen LogP contribution is 2.44. The van der Waals surface area contributed by atoms with Crippen LogP contribution in [0, 0.1) is 0 Å². The molecule has 0 heterocycles. The molecule has 186 valence electrons. The number of carbonyl (C=O) groups excluding carboxylic acids is 3. The largest absolute Gasteiger partial charge is 0.480 e. The number of nitrogens with one attached hydrogen (secondary N) is 2. The Morgan fingerprint density at radius 3 is 2.06 bits per heavy atom. The molecule has 2 unspecified atom stereocenters. The minimum atomic E-state index is -1.76. The third kappa shape index (κ3) is 5.62. The van der Waals surface area contributed by atoms with E-state index in [1.807, 2.05) is 48.5 Å². The number of carboxylic acid groups (broad SMARTS) is 1. The van der Waals surface area contributed by atoms with Crippen molar-refractivity contribution in [2.75, 3.05) is 13.2 Å². The van der Waals surface area contributed by atoms with Crippen molar-refractivity contribution in [3.63, 3.8) is 0 Å². The van der Waals surface area contributed by atoms with Crippen LogP contribution >= 0.6 is 0 Å². The summed E-state index contributed by atoms with van der Waals surface area (Å²) in [6.07, 6.45) is -0.380. The molecule has 0 fully saturated rings. The smallest absolute Gasteiger partial charge is 0.408 e. The van der Waals surface area contributed by atoms with Gasteiger partial charge in [0.05, 0.1) is 6.61 Å². The molecule has 0 saturated carbocycles. The highest BCUT2D eigenvalue weighted by Gasteiger charge is 2.39. The molecule has 0 spiro atoms. The third-order valence-electron chi connectivity index (χ3n) is 6.01. The lowest BCUT2D eigenvalue weighted by molar-refractivity contribution is -0.153. The highest BCUT2D eigenvalue weighted by atomic mass is 16.6. The van der Waals surface area contributed by atoms with Crippen molar-refractivity contribution in [2.45, 2.75) is 51.1 Å². The minimum absolute atomic E-state index is 0.0142. The average Bonchev–Trinajstić information content (AvgIpc) is 3.15. The van der Waals surface area contributed by atoms with E-state index >= 15 is 0 Å². The van der Waals surface area contributed by atoms with E-state index in [1.165, 1.54) is 6.92 Å². The van der Waals surface area contributed by atoms with Gasteiger partial charge in [0.25, 0.3) is 5.91 Å². The Balaban J connectivity index is 1.72. The van der Waals surface area contributed by atoms with Gasteiger partial charge in [-0.3, -0.25) is 10.1 Å². The molecular weight excluding hydrogens is 452 g/mol. The Labute approximate surface area is 203 Å². The van der Waals surface area contributed by atoms with Gasteiger partial charge in [0.1, 0.15) is 12.1 Å². The van der Waals surface area contributed by atoms with Crippen LogP contribution in [-0.4, -0.2) is 53.8 Å². The van der Waals surface area contributed by atoms with Gasteiger partial charge in [0, 0.05) is 5.92 Å². The van der Waals surface area contributed by atoms with Crippen LogP contribution in [0.5, 0.6) is 0 Å². The predicted octanol–water partition coefficient (Wildman–Crippen LogP) is 3.22. The van der Waals surface area contributed by atoms with Crippen molar-refractivity contribution in [2.24, 2.45) is 0 Å². The van der Waals surface area contributed by atoms with Gasteiger partial charge in [-0.15, -0.1) is 0 Å². The predicted molar refractivity (Wildman–Crippen MR) is 128 cm³/mol. The van der Waals surface area contributed by atoms with Crippen LogP contribution in [0.15, 0.2) is 48.5 Å². The van der Waals surface area contributed by atoms with Crippen LogP contribution in [0.2, 0.25) is 0 Å². The summed E-state index contributed by atoms with van der Waals surface area (Å²) in [7, 11) is 0. The number of aliphatic carboxylic acids is 1. The Hall–Kier alpha value is -3.88. The maximum absolute atomic E-state index is 12.8. The molecule has 0 saturated heterocycles. The first kappa shape index (κ1) is 25.7. The summed E-state index contributed by atoms with van der Waals surface area (Å²) >= 11 is 0. The Morgan fingerprint density at radius 1 is 0.971 bits per heavy atom. The minimum Gasteiger partial charge on any atom is -0.480 e. The maximum atomic E-state index is 12.8. The maximum Gasteiger partial charge on any atom is 0.408 e. The first-order valence-corrected chi connectivity index (χ1v) is 11.5. The monoisotopic (exact) mass is 482 g/mol. The molecule has 0 aromatic heterocycles. The summed E-state index contributed by atoms with van der Waals surface area (Å²) in [6, 6.07) is 13.9. The van der Waals surface area contributed by atoms with E-state index in [-0.39, 0.29) is 25.6 Å². The van der Waals surface area contributed by atoms with E-state index in [0.29, 0.717) is 6.42 Å². The van der Waals surface area contributed by atoms with Gasteiger partial charge in [0.15, 0.2) is 0 Å². The molecule has 0 radical (unpaired) electrons. The molecule has 1 aliphatic carbocycles. The normalized spacial score (nSPS) is 14.6. The number of benzene rings is 2. The van der Waals surface area contributed by atoms with E-state index < -0.39 is 35.5 Å². The van der Waals surface area contributed by atoms with Gasteiger partial charge in [-0.2, -0.15) is 0 Å². The molecule has 2 aromatic carbocycles. The van der Waals surface area contributed by atoms with Crippen molar-refractivity contribution in [1.29, 1.82) is 0 Å². The molecular formula is C26H30N2O7. The topological polar surface area (TPSA) is 131 Å². The molecule has 0 aliphatic heterocycles. The Bertz CT molecular complexity index is 1070. The second-order valence-electron chi connectivity index (χ2n) is 8.53. The van der Waals surface area contributed by atoms with Crippen molar-refractivity contribution in [3.05, 3.63) is 59.7 Å². The fraction of sp³-hybridized carbons (Fsp3) is 0.385. The number of hydrogen-bond acceptors (Lipinski definition) is 6. The fourth-order valence-electron chi connectivity index (χ4n) is 4.28. The number of carboxylic acids is 1. The fourth-order valence-corrected chi connectivity index (χ4v) is 4.28. The summed E-state index contributed by atoms with van der Waals surface area (Å²) in [5.74, 6) is -3.46. The lowest BCUT2D eigenvalue weighted by atomic mass is 9.96. The summed E-state index contributed by atoms with van der Waals surface area (Å²) in [5.41, 5.74) is 2.53. The van der Waals surface area contributed by atoms with Gasteiger partial charge in [-0.05, 0) is 42.5 Å². The van der Waals surface area contributed by atoms with Gasteiger partial charge in [-0.1, -0.05) is 61.9 Å². The zero-order valence-corrected chi connectivity index (χ0v) is 20.0. The SMILES string of the molecule is CCCC(C)(NC(=O)C(NC(=O)OCC1c2ccccc2-c2ccccc21)C(=O)OCC)C(=O)O. The summed E-state index contributed by atoms with van der Waals surface area (Å²) in [6.45, 7) is 4.62. The molecule has 9 heteroatoms. The van der Waals surface area contributed by atoms with Crippen molar-refractivity contribution < 1.29 is 33.8 Å². The Morgan fingerprint density at radius 2 is 1.54 bits per heavy atom. The number of alkyl carbamates (subject to hydrolysis) is 1. The van der Waals surface area contributed by atoms with Crippen LogP contribution in [-0.2, 0) is 23.9 Å². The summed E-state index contributed by atoms with van der Waals surface area (Å²) < 4.78 is 10.3. The van der Waals surface area contributed by atoms with Crippen LogP contribution in [0.25, 0.3) is 11.1 Å². The van der Waals surface area contributed by atoms with Crippen LogP contribution in [0.4, 0.5) is 4.79 Å². The van der Waals surface area contributed by atoms with Gasteiger partial charge in [0.2, 0.25) is 6.04 Å². The molecule has 9 nitrogen and oxygen atoms in total. The summed E-state index contributed by atoms with van der Waals surface area (Å²) in [4.78, 5) is 49.6. The van der Waals surface area contributed by atoms with Crippen molar-refractivity contribution in [3.8, 4) is 11.1 Å². The number of rotatable bonds is 10. The van der Waals surface area contributed by atoms with Crippen molar-refractivity contribution in [1.82, 2.24) is 10.6 Å². The Kier molecular flexibility index (Phi) is 8.11. The molecule has 3 N–H and O–H groups in total. The highest BCUT2D eigenvalue weighted by molar-refractivity contribution is 6.05. The average molecular weight is 483 g/mol. The lowest BCUT2D eigenvalue weighted by Crippen LogP contribution is -2.60. The van der Waals surface area contributed by atoms with Crippen molar-refractivity contribution >= 4 is 23.9 Å². The number of esters is 1. The molecule has 2 aromatic rings. The standard InChI is InChI=1S/C26H30N2O7/c1-4-14-26(3,24(31)32)28-22(29)21(23(30)34-5-2)27-25(33)35-15-20-18-12-8-6-10-16(18)17-11-7-9-13-19(17)20/h6-13,20-21H,4-5,14-15H2,1-3H3,(H,27,33)(H,28,29)(H,31,32). The van der Waals surface area contributed by atoms with Crippen LogP contribution in [0.3, 0.4) is 0 Å². The van der Waals surface area contributed by atoms with Gasteiger partial charge < -0.3 is 19.9 Å². The quantitative estimate of drug-likeness (QED) is 0.350. The van der Waals surface area contributed by atoms with Crippen LogP contribution < -0.4 is 10.6 Å². The third-order valence-corrected chi connectivity index (χ3v) is 6.01. The summed E-state index contributed by atoms with van der Waals surface area (Å²) in [5, 5.41) is 14.1. The van der Waals surface area contributed by atoms with E-state index in [2.05, 4.69) is 10.6 Å². The molecule has 2 atom stereocenters. The zero-order chi connectivity index (χ0) is 25.6. The number of fused-ring (bicyclic) bond motifs is 3. The first-order chi connectivity index (χ1) is 16.7. The van der Waals surface area contributed by atoms with E-state index in [1.54, 1.807) is 13.8 Å².